The maximum Gasteiger partial charge on any atom is 0.407 e. The normalized spacial score (nSPS) is 23.5. The van der Waals surface area contributed by atoms with Crippen LogP contribution in [0, 0.1) is 0 Å². The zero-order valence-electron chi connectivity index (χ0n) is 20.5. The number of nitrogens with one attached hydrogen (secondary N) is 4. The summed E-state index contributed by atoms with van der Waals surface area (Å²) in [6.45, 7) is 8.46. The first-order chi connectivity index (χ1) is 16.7. The van der Waals surface area contributed by atoms with Gasteiger partial charge in [0.05, 0.1) is 17.1 Å². The standard InChI is InChI=1S/C27H32N4O4/c1-16-19-10-11-20(34-14-17-8-6-5-7-9-17)23-22(19)18(13-28-23)12-21(27(16)15-29-24(32)31-27)30-25(33)35-26(2,3)4/h5-11,13,16,21,28H,12,14-15H2,1-4H3,(H,30,33)(H2,29,31,32)/t16-,21-,27-/m0/s1. The van der Waals surface area contributed by atoms with Gasteiger partial charge in [-0.2, -0.15) is 0 Å². The molecule has 2 heterocycles. The molecule has 1 aliphatic heterocycles. The second kappa shape index (κ2) is 8.52. The molecule has 1 spiro atoms. The summed E-state index contributed by atoms with van der Waals surface area (Å²) in [6.07, 6.45) is 2.00. The molecule has 1 aliphatic carbocycles. The first-order valence-corrected chi connectivity index (χ1v) is 12.0. The Morgan fingerprint density at radius 3 is 2.63 bits per heavy atom. The molecule has 0 unspecified atom stereocenters. The molecule has 4 N–H and O–H groups in total. The van der Waals surface area contributed by atoms with E-state index in [0.29, 0.717) is 19.6 Å². The van der Waals surface area contributed by atoms with Crippen molar-refractivity contribution in [2.75, 3.05) is 6.54 Å². The Balaban J connectivity index is 1.52. The number of hydrogen-bond donors (Lipinski definition) is 4. The van der Waals surface area contributed by atoms with Crippen molar-refractivity contribution in [1.82, 2.24) is 20.9 Å². The minimum atomic E-state index is -0.709. The first-order valence-electron chi connectivity index (χ1n) is 12.0. The van der Waals surface area contributed by atoms with Crippen molar-refractivity contribution in [1.29, 1.82) is 0 Å². The number of aromatic amines is 1. The summed E-state index contributed by atoms with van der Waals surface area (Å²) < 4.78 is 11.8. The minimum absolute atomic E-state index is 0.0934. The maximum absolute atomic E-state index is 12.8. The fourth-order valence-corrected chi connectivity index (χ4v) is 5.31. The summed E-state index contributed by atoms with van der Waals surface area (Å²) in [4.78, 5) is 28.6. The van der Waals surface area contributed by atoms with E-state index in [1.54, 1.807) is 0 Å². The third-order valence-corrected chi connectivity index (χ3v) is 7.01. The highest BCUT2D eigenvalue weighted by molar-refractivity contribution is 5.93. The molecule has 2 aromatic carbocycles. The number of benzene rings is 2. The number of hydrogen-bond acceptors (Lipinski definition) is 4. The lowest BCUT2D eigenvalue weighted by Gasteiger charge is -2.40. The molecule has 1 fully saturated rings. The van der Waals surface area contributed by atoms with E-state index >= 15 is 0 Å². The molecular weight excluding hydrogens is 444 g/mol. The molecule has 3 amide bonds. The fraction of sp³-hybridized carbons (Fsp3) is 0.407. The van der Waals surface area contributed by atoms with Gasteiger partial charge in [0.1, 0.15) is 18.0 Å². The number of amides is 3. The summed E-state index contributed by atoms with van der Waals surface area (Å²) in [5, 5.41) is 10.2. The van der Waals surface area contributed by atoms with Crippen molar-refractivity contribution in [3.05, 3.63) is 65.4 Å². The van der Waals surface area contributed by atoms with Crippen LogP contribution in [-0.2, 0) is 17.8 Å². The molecular formula is C27H32N4O4. The minimum Gasteiger partial charge on any atom is -0.487 e. The van der Waals surface area contributed by atoms with E-state index in [-0.39, 0.29) is 18.0 Å². The third-order valence-electron chi connectivity index (χ3n) is 7.01. The highest BCUT2D eigenvalue weighted by Crippen LogP contribution is 2.44. The zero-order chi connectivity index (χ0) is 24.8. The third kappa shape index (κ3) is 4.29. The van der Waals surface area contributed by atoms with Gasteiger partial charge < -0.3 is 30.4 Å². The van der Waals surface area contributed by atoms with E-state index in [1.807, 2.05) is 63.4 Å². The Morgan fingerprint density at radius 2 is 1.94 bits per heavy atom. The highest BCUT2D eigenvalue weighted by Gasteiger charge is 2.52. The molecule has 3 aromatic rings. The lowest BCUT2D eigenvalue weighted by Crippen LogP contribution is -2.63. The maximum atomic E-state index is 12.8. The van der Waals surface area contributed by atoms with Gasteiger partial charge in [0.2, 0.25) is 0 Å². The summed E-state index contributed by atoms with van der Waals surface area (Å²) in [5.41, 5.74) is 2.84. The van der Waals surface area contributed by atoms with Gasteiger partial charge in [-0.15, -0.1) is 0 Å². The van der Waals surface area contributed by atoms with Gasteiger partial charge in [-0.05, 0) is 49.9 Å². The molecule has 0 radical (unpaired) electrons. The molecule has 1 saturated heterocycles. The monoisotopic (exact) mass is 476 g/mol. The van der Waals surface area contributed by atoms with Crippen molar-refractivity contribution in [2.45, 2.75) is 63.8 Å². The van der Waals surface area contributed by atoms with E-state index in [9.17, 15) is 9.59 Å². The van der Waals surface area contributed by atoms with Gasteiger partial charge in [0.25, 0.3) is 0 Å². The number of aromatic nitrogens is 1. The number of H-pyrrole nitrogens is 1. The second-order valence-corrected chi connectivity index (χ2v) is 10.5. The largest absolute Gasteiger partial charge is 0.487 e. The Labute approximate surface area is 204 Å². The smallest absolute Gasteiger partial charge is 0.407 e. The van der Waals surface area contributed by atoms with Gasteiger partial charge in [-0.1, -0.05) is 43.3 Å². The molecule has 8 nitrogen and oxygen atoms in total. The van der Waals surface area contributed by atoms with Gasteiger partial charge >= 0.3 is 12.1 Å². The van der Waals surface area contributed by atoms with Crippen LogP contribution in [-0.4, -0.2) is 40.8 Å². The van der Waals surface area contributed by atoms with Crippen LogP contribution in [0.1, 0.15) is 50.3 Å². The van der Waals surface area contributed by atoms with Crippen molar-refractivity contribution < 1.29 is 19.1 Å². The topological polar surface area (TPSA) is 104 Å². The van der Waals surface area contributed by atoms with Gasteiger partial charge in [0.15, 0.2) is 0 Å². The Bertz CT molecular complexity index is 1260. The molecule has 8 heteroatoms. The first kappa shape index (κ1) is 23.1. The van der Waals surface area contributed by atoms with Crippen LogP contribution in [0.4, 0.5) is 9.59 Å². The quantitative estimate of drug-likeness (QED) is 0.449. The summed E-state index contributed by atoms with van der Waals surface area (Å²) in [5.74, 6) is 0.677. The van der Waals surface area contributed by atoms with Crippen LogP contribution in [0.25, 0.3) is 10.9 Å². The molecule has 0 bridgehead atoms. The summed E-state index contributed by atoms with van der Waals surface area (Å²) >= 11 is 0. The van der Waals surface area contributed by atoms with E-state index < -0.39 is 17.2 Å². The average Bonchev–Trinajstić information content (AvgIpc) is 3.39. The van der Waals surface area contributed by atoms with E-state index in [2.05, 4.69) is 33.9 Å². The predicted molar refractivity (Wildman–Crippen MR) is 134 cm³/mol. The van der Waals surface area contributed by atoms with Gasteiger partial charge in [-0.25, -0.2) is 9.59 Å². The molecule has 35 heavy (non-hydrogen) atoms. The van der Waals surface area contributed by atoms with Crippen LogP contribution < -0.4 is 20.7 Å². The number of rotatable bonds is 4. The fourth-order valence-electron chi connectivity index (χ4n) is 5.31. The number of carbonyl (C=O) groups is 2. The Morgan fingerprint density at radius 1 is 1.17 bits per heavy atom. The lowest BCUT2D eigenvalue weighted by molar-refractivity contribution is 0.0467. The van der Waals surface area contributed by atoms with Crippen LogP contribution in [0.5, 0.6) is 5.75 Å². The van der Waals surface area contributed by atoms with Crippen LogP contribution in [0.3, 0.4) is 0 Å². The zero-order valence-corrected chi connectivity index (χ0v) is 20.5. The SMILES string of the molecule is C[C@H]1c2ccc(OCc3ccccc3)c3[nH]cc(c23)C[C@H](NC(=O)OC(C)(C)C)[C@]12CNC(=O)N2. The van der Waals surface area contributed by atoms with E-state index in [0.717, 1.165) is 33.3 Å². The van der Waals surface area contributed by atoms with Crippen LogP contribution >= 0.6 is 0 Å². The molecule has 2 aliphatic rings. The highest BCUT2D eigenvalue weighted by atomic mass is 16.6. The number of ether oxygens (including phenoxy) is 2. The van der Waals surface area contributed by atoms with Crippen molar-refractivity contribution in [2.24, 2.45) is 0 Å². The van der Waals surface area contributed by atoms with E-state index in [4.69, 9.17) is 9.47 Å². The van der Waals surface area contributed by atoms with E-state index in [1.165, 1.54) is 0 Å². The van der Waals surface area contributed by atoms with Crippen molar-refractivity contribution in [3.8, 4) is 5.75 Å². The number of urea groups is 1. The van der Waals surface area contributed by atoms with Crippen molar-refractivity contribution in [3.63, 3.8) is 0 Å². The summed E-state index contributed by atoms with van der Waals surface area (Å²) in [7, 11) is 0. The van der Waals surface area contributed by atoms with Gasteiger partial charge in [-0.3, -0.25) is 0 Å². The average molecular weight is 477 g/mol. The van der Waals surface area contributed by atoms with Gasteiger partial charge in [0, 0.05) is 24.0 Å². The Hall–Kier alpha value is -3.68. The number of alkyl carbamates (subject to hydrolysis) is 1. The molecule has 5 rings (SSSR count). The van der Waals surface area contributed by atoms with Crippen LogP contribution in [0.2, 0.25) is 0 Å². The number of carbonyl (C=O) groups excluding carboxylic acids is 2. The second-order valence-electron chi connectivity index (χ2n) is 10.5. The molecule has 1 aromatic heterocycles. The van der Waals surface area contributed by atoms with Crippen LogP contribution in [0.15, 0.2) is 48.7 Å². The molecule has 184 valence electrons. The summed E-state index contributed by atoms with van der Waals surface area (Å²) in [6, 6.07) is 13.5. The molecule has 0 saturated carbocycles. The predicted octanol–water partition coefficient (Wildman–Crippen LogP) is 4.35. The Kier molecular flexibility index (Phi) is 5.62. The molecule has 3 atom stereocenters. The van der Waals surface area contributed by atoms with Crippen molar-refractivity contribution >= 4 is 23.0 Å². The lowest BCUT2D eigenvalue weighted by atomic mass is 9.76.